The number of anilines is 1. The Kier molecular flexibility index (Phi) is 7.82. The van der Waals surface area contributed by atoms with Crippen LogP contribution in [0.15, 0.2) is 71.6 Å². The second kappa shape index (κ2) is 10.8. The lowest BCUT2D eigenvalue weighted by atomic mass is 10.1. The lowest BCUT2D eigenvalue weighted by Crippen LogP contribution is -2.31. The molecule has 0 radical (unpaired) electrons. The van der Waals surface area contributed by atoms with Crippen molar-refractivity contribution in [2.75, 3.05) is 11.5 Å². The summed E-state index contributed by atoms with van der Waals surface area (Å²) >= 11 is 19.0. The van der Waals surface area contributed by atoms with Gasteiger partial charge in [0.05, 0.1) is 21.5 Å². The summed E-state index contributed by atoms with van der Waals surface area (Å²) in [5, 5.41) is 0.574. The molecule has 1 aliphatic heterocycles. The van der Waals surface area contributed by atoms with E-state index in [4.69, 9.17) is 39.5 Å². The van der Waals surface area contributed by atoms with Crippen LogP contribution in [-0.4, -0.2) is 35.4 Å². The Hall–Kier alpha value is -2.84. The number of rotatable bonds is 7. The normalized spacial score (nSPS) is 15.4. The fourth-order valence-corrected chi connectivity index (χ4v) is 5.09. The monoisotopic (exact) mass is 547 g/mol. The van der Waals surface area contributed by atoms with Gasteiger partial charge in [0, 0.05) is 26.9 Å². The van der Waals surface area contributed by atoms with E-state index in [0.29, 0.717) is 15.7 Å². The summed E-state index contributed by atoms with van der Waals surface area (Å²) in [7, 11) is 0. The summed E-state index contributed by atoms with van der Waals surface area (Å²) in [6.45, 7) is -0.505. The molecule has 4 rings (SSSR count). The molecule has 0 aliphatic carbocycles. The van der Waals surface area contributed by atoms with Gasteiger partial charge in [0.2, 0.25) is 17.6 Å². The third kappa shape index (κ3) is 5.87. The minimum absolute atomic E-state index is 0.0608. The summed E-state index contributed by atoms with van der Waals surface area (Å²) in [6, 6.07) is 17.2. The van der Waals surface area contributed by atoms with E-state index in [9.17, 15) is 19.2 Å². The molecule has 0 aromatic heterocycles. The standard InChI is InChI=1S/C25H16Cl3NO5S/c26-15-3-8-18(9-4-15)35-22-12-23(31)29(24(22)32)17-6-1-14(2-7-17)25(33)34-13-21(30)19-10-5-16(27)11-20(19)28/h1-11,22H,12-13H2. The molecule has 3 aromatic rings. The Morgan fingerprint density at radius 1 is 0.914 bits per heavy atom. The maximum absolute atomic E-state index is 12.9. The van der Waals surface area contributed by atoms with Gasteiger partial charge in [-0.15, -0.1) is 11.8 Å². The van der Waals surface area contributed by atoms with Crippen molar-refractivity contribution in [2.45, 2.75) is 16.6 Å². The van der Waals surface area contributed by atoms with Crippen LogP contribution in [0.25, 0.3) is 0 Å². The zero-order valence-electron chi connectivity index (χ0n) is 17.9. The molecular formula is C25H16Cl3NO5S. The molecule has 178 valence electrons. The molecule has 0 saturated carbocycles. The van der Waals surface area contributed by atoms with E-state index < -0.39 is 23.6 Å². The average Bonchev–Trinajstić information content (AvgIpc) is 3.11. The van der Waals surface area contributed by atoms with E-state index in [0.717, 1.165) is 9.80 Å². The lowest BCUT2D eigenvalue weighted by Gasteiger charge is -2.15. The van der Waals surface area contributed by atoms with E-state index >= 15 is 0 Å². The number of amides is 2. The summed E-state index contributed by atoms with van der Waals surface area (Å²) in [5.74, 6) is -1.88. The number of halogens is 3. The van der Waals surface area contributed by atoms with E-state index in [2.05, 4.69) is 0 Å². The number of carbonyl (C=O) groups is 4. The number of benzene rings is 3. The van der Waals surface area contributed by atoms with Crippen molar-refractivity contribution in [3.05, 3.63) is 92.9 Å². The molecule has 6 nitrogen and oxygen atoms in total. The number of ketones is 1. The van der Waals surface area contributed by atoms with E-state index in [1.54, 1.807) is 24.3 Å². The Labute approximate surface area is 220 Å². The molecule has 1 saturated heterocycles. The van der Waals surface area contributed by atoms with Gasteiger partial charge in [-0.05, 0) is 66.7 Å². The molecule has 10 heteroatoms. The fourth-order valence-electron chi connectivity index (χ4n) is 3.40. The first-order chi connectivity index (χ1) is 16.7. The van der Waals surface area contributed by atoms with E-state index in [1.165, 1.54) is 54.2 Å². The molecule has 1 fully saturated rings. The first-order valence-corrected chi connectivity index (χ1v) is 12.3. The van der Waals surface area contributed by atoms with Crippen LogP contribution in [0.2, 0.25) is 15.1 Å². The minimum Gasteiger partial charge on any atom is -0.454 e. The molecular weight excluding hydrogens is 533 g/mol. The molecule has 1 unspecified atom stereocenters. The third-order valence-electron chi connectivity index (χ3n) is 5.12. The van der Waals surface area contributed by atoms with Crippen molar-refractivity contribution < 1.29 is 23.9 Å². The SMILES string of the molecule is O=C(OCC(=O)c1ccc(Cl)cc1Cl)c1ccc(N2C(=O)CC(Sc3ccc(Cl)cc3)C2=O)cc1. The highest BCUT2D eigenvalue weighted by Crippen LogP contribution is 2.34. The number of Topliss-reactive ketones (excluding diaryl/α,β-unsaturated/α-hetero) is 1. The largest absolute Gasteiger partial charge is 0.454 e. The first-order valence-electron chi connectivity index (χ1n) is 10.3. The number of carbonyl (C=O) groups excluding carboxylic acids is 4. The van der Waals surface area contributed by atoms with Crippen LogP contribution in [0, 0.1) is 0 Å². The smallest absolute Gasteiger partial charge is 0.338 e. The van der Waals surface area contributed by atoms with Crippen molar-refractivity contribution in [3.8, 4) is 0 Å². The van der Waals surface area contributed by atoms with Crippen LogP contribution in [0.5, 0.6) is 0 Å². The Bertz CT molecular complexity index is 1310. The summed E-state index contributed by atoms with van der Waals surface area (Å²) in [4.78, 5) is 52.0. The Morgan fingerprint density at radius 3 is 2.23 bits per heavy atom. The zero-order chi connectivity index (χ0) is 25.1. The predicted octanol–water partition coefficient (Wildman–Crippen LogP) is 6.11. The zero-order valence-corrected chi connectivity index (χ0v) is 21.0. The Balaban J connectivity index is 1.38. The highest BCUT2D eigenvalue weighted by atomic mass is 35.5. The van der Waals surface area contributed by atoms with Crippen LogP contribution in [0.4, 0.5) is 5.69 Å². The van der Waals surface area contributed by atoms with Crippen LogP contribution < -0.4 is 4.90 Å². The van der Waals surface area contributed by atoms with Crippen LogP contribution in [-0.2, 0) is 14.3 Å². The van der Waals surface area contributed by atoms with Gasteiger partial charge in [-0.25, -0.2) is 9.69 Å². The van der Waals surface area contributed by atoms with Gasteiger partial charge < -0.3 is 4.74 Å². The topological polar surface area (TPSA) is 80.8 Å². The maximum atomic E-state index is 12.9. The maximum Gasteiger partial charge on any atom is 0.338 e. The number of imide groups is 1. The number of thioether (sulfide) groups is 1. The molecule has 0 spiro atoms. The fraction of sp³-hybridized carbons (Fsp3) is 0.120. The first kappa shape index (κ1) is 25.3. The van der Waals surface area contributed by atoms with Gasteiger partial charge in [0.25, 0.3) is 0 Å². The number of hydrogen-bond donors (Lipinski definition) is 0. The van der Waals surface area contributed by atoms with Gasteiger partial charge in [-0.1, -0.05) is 34.8 Å². The van der Waals surface area contributed by atoms with Crippen molar-refractivity contribution in [2.24, 2.45) is 0 Å². The van der Waals surface area contributed by atoms with Gasteiger partial charge in [-0.3, -0.25) is 14.4 Å². The second-order valence-electron chi connectivity index (χ2n) is 7.50. The predicted molar refractivity (Wildman–Crippen MR) is 136 cm³/mol. The third-order valence-corrected chi connectivity index (χ3v) is 7.12. The van der Waals surface area contributed by atoms with Gasteiger partial charge in [0.15, 0.2) is 6.61 Å². The summed E-state index contributed by atoms with van der Waals surface area (Å²) in [6.07, 6.45) is 0.0608. The molecule has 1 aliphatic rings. The average molecular weight is 549 g/mol. The van der Waals surface area contributed by atoms with Crippen molar-refractivity contribution >= 4 is 75.8 Å². The van der Waals surface area contributed by atoms with Crippen molar-refractivity contribution in [3.63, 3.8) is 0 Å². The number of ether oxygens (including phenoxy) is 1. The molecule has 2 amide bonds. The van der Waals surface area contributed by atoms with Gasteiger partial charge in [0.1, 0.15) is 0 Å². The quantitative estimate of drug-likeness (QED) is 0.201. The van der Waals surface area contributed by atoms with E-state index in [-0.39, 0.29) is 34.4 Å². The minimum atomic E-state index is -0.731. The van der Waals surface area contributed by atoms with Crippen LogP contribution in [0.1, 0.15) is 27.1 Å². The molecule has 0 bridgehead atoms. The Morgan fingerprint density at radius 2 is 1.57 bits per heavy atom. The summed E-state index contributed by atoms with van der Waals surface area (Å²) in [5.41, 5.74) is 0.700. The molecule has 0 N–H and O–H groups in total. The number of esters is 1. The van der Waals surface area contributed by atoms with Crippen LogP contribution in [0.3, 0.4) is 0 Å². The molecule has 35 heavy (non-hydrogen) atoms. The lowest BCUT2D eigenvalue weighted by molar-refractivity contribution is -0.121. The van der Waals surface area contributed by atoms with Gasteiger partial charge in [-0.2, -0.15) is 0 Å². The molecule has 1 atom stereocenters. The van der Waals surface area contributed by atoms with Crippen LogP contribution >= 0.6 is 46.6 Å². The number of hydrogen-bond acceptors (Lipinski definition) is 6. The van der Waals surface area contributed by atoms with Crippen molar-refractivity contribution in [1.29, 1.82) is 0 Å². The molecule has 3 aromatic carbocycles. The highest BCUT2D eigenvalue weighted by Gasteiger charge is 2.40. The van der Waals surface area contributed by atoms with Crippen molar-refractivity contribution in [1.82, 2.24) is 0 Å². The summed E-state index contributed by atoms with van der Waals surface area (Å²) < 4.78 is 5.09. The highest BCUT2D eigenvalue weighted by molar-refractivity contribution is 8.00. The molecule has 1 heterocycles. The number of nitrogens with zero attached hydrogens (tertiary/aromatic N) is 1. The second-order valence-corrected chi connectivity index (χ2v) is 10.1. The van der Waals surface area contributed by atoms with E-state index in [1.807, 2.05) is 0 Å². The van der Waals surface area contributed by atoms with Gasteiger partial charge >= 0.3 is 5.97 Å².